The van der Waals surface area contributed by atoms with Crippen LogP contribution in [0.1, 0.15) is 63.2 Å². The molecule has 4 aliphatic heterocycles. The molecule has 1 aliphatic carbocycles. The SMILES string of the molecule is C[C@H]1[C@@H](OCCCOc2cc(NC(=O)CSc3nnc(N)s3)ccc2C(=O)O)O[C@@H]2O[C@@]3(C)CCC4[C@H](C)CC[C@@H]1[C@]42OO3. The van der Waals surface area contributed by atoms with E-state index in [0.29, 0.717) is 34.1 Å². The highest BCUT2D eigenvalue weighted by Crippen LogP contribution is 2.60. The van der Waals surface area contributed by atoms with Crippen molar-refractivity contribution in [1.82, 2.24) is 10.2 Å². The Kier molecular flexibility index (Phi) is 9.08. The minimum Gasteiger partial charge on any atom is -0.493 e. The van der Waals surface area contributed by atoms with E-state index in [-0.39, 0.29) is 47.3 Å². The molecular formula is C29H38N4O9S2. The number of carboxylic acids is 1. The monoisotopic (exact) mass is 650 g/mol. The first-order valence-corrected chi connectivity index (χ1v) is 16.7. The number of thioether (sulfide) groups is 1. The Morgan fingerprint density at radius 2 is 2.02 bits per heavy atom. The summed E-state index contributed by atoms with van der Waals surface area (Å²) < 4.78 is 25.5. The quantitative estimate of drug-likeness (QED) is 0.176. The van der Waals surface area contributed by atoms with Gasteiger partial charge in [0.2, 0.25) is 16.8 Å². The Balaban J connectivity index is 1.03. The molecule has 4 N–H and O–H groups in total. The summed E-state index contributed by atoms with van der Waals surface area (Å²) in [5, 5.41) is 20.3. The average molecular weight is 651 g/mol. The lowest BCUT2D eigenvalue weighted by atomic mass is 9.58. The van der Waals surface area contributed by atoms with Crippen LogP contribution in [0.15, 0.2) is 22.5 Å². The van der Waals surface area contributed by atoms with Crippen molar-refractivity contribution in [2.45, 2.75) is 81.2 Å². The largest absolute Gasteiger partial charge is 0.493 e. The van der Waals surface area contributed by atoms with Gasteiger partial charge in [0.15, 0.2) is 22.5 Å². The molecule has 44 heavy (non-hydrogen) atoms. The molecular weight excluding hydrogens is 612 g/mol. The van der Waals surface area contributed by atoms with E-state index < -0.39 is 29.9 Å². The zero-order chi connectivity index (χ0) is 31.1. The number of hydrogen-bond donors (Lipinski definition) is 3. The van der Waals surface area contributed by atoms with Crippen LogP contribution in [-0.2, 0) is 28.8 Å². The number of hydrogen-bond acceptors (Lipinski definition) is 13. The summed E-state index contributed by atoms with van der Waals surface area (Å²) >= 11 is 2.41. The number of ether oxygens (including phenoxy) is 4. The molecule has 240 valence electrons. The second-order valence-corrected chi connectivity index (χ2v) is 14.3. The number of amides is 1. The van der Waals surface area contributed by atoms with Crippen molar-refractivity contribution in [2.75, 3.05) is 30.0 Å². The minimum atomic E-state index is -1.13. The van der Waals surface area contributed by atoms with Crippen molar-refractivity contribution >= 4 is 45.8 Å². The molecule has 1 saturated carbocycles. The van der Waals surface area contributed by atoms with E-state index in [0.717, 1.165) is 25.7 Å². The molecule has 15 heteroatoms. The van der Waals surface area contributed by atoms with Crippen LogP contribution in [0.4, 0.5) is 10.8 Å². The van der Waals surface area contributed by atoms with Gasteiger partial charge in [0, 0.05) is 36.4 Å². The lowest BCUT2D eigenvalue weighted by Gasteiger charge is -2.60. The molecule has 1 unspecified atom stereocenters. The van der Waals surface area contributed by atoms with E-state index in [9.17, 15) is 14.7 Å². The first-order valence-electron chi connectivity index (χ1n) is 14.9. The van der Waals surface area contributed by atoms with Gasteiger partial charge in [0.25, 0.3) is 0 Å². The molecule has 5 aliphatic rings. The van der Waals surface area contributed by atoms with E-state index in [1.807, 2.05) is 6.92 Å². The molecule has 0 radical (unpaired) electrons. The number of aromatic carboxylic acids is 1. The molecule has 1 aromatic carbocycles. The van der Waals surface area contributed by atoms with Crippen LogP contribution in [0.3, 0.4) is 0 Å². The highest BCUT2D eigenvalue weighted by molar-refractivity contribution is 8.01. The van der Waals surface area contributed by atoms with Gasteiger partial charge in [0.1, 0.15) is 11.3 Å². The van der Waals surface area contributed by atoms with Crippen LogP contribution in [0.2, 0.25) is 0 Å². The maximum atomic E-state index is 12.4. The fourth-order valence-corrected chi connectivity index (χ4v) is 8.44. The lowest BCUT2D eigenvalue weighted by Crippen LogP contribution is -2.70. The Hall–Kier alpha value is -2.53. The molecule has 13 nitrogen and oxygen atoms in total. The second kappa shape index (κ2) is 12.7. The molecule has 2 aromatic rings. The van der Waals surface area contributed by atoms with Crippen molar-refractivity contribution < 1.29 is 43.4 Å². The summed E-state index contributed by atoms with van der Waals surface area (Å²) in [6.07, 6.45) is 3.22. The van der Waals surface area contributed by atoms with Crippen molar-refractivity contribution in [2.24, 2.45) is 23.7 Å². The third kappa shape index (κ3) is 6.15. The first kappa shape index (κ1) is 31.5. The van der Waals surface area contributed by atoms with Gasteiger partial charge < -0.3 is 35.1 Å². The highest BCUT2D eigenvalue weighted by atomic mass is 32.2. The van der Waals surface area contributed by atoms with E-state index in [1.54, 1.807) is 0 Å². The Morgan fingerprint density at radius 3 is 2.80 bits per heavy atom. The number of carbonyl (C=O) groups is 2. The van der Waals surface area contributed by atoms with Gasteiger partial charge in [-0.3, -0.25) is 4.79 Å². The number of nitrogens with two attached hydrogens (primary N) is 1. The maximum absolute atomic E-state index is 12.4. The fraction of sp³-hybridized carbons (Fsp3) is 0.655. The summed E-state index contributed by atoms with van der Waals surface area (Å²) in [6, 6.07) is 4.43. The van der Waals surface area contributed by atoms with E-state index in [1.165, 1.54) is 41.3 Å². The van der Waals surface area contributed by atoms with Gasteiger partial charge in [-0.2, -0.15) is 0 Å². The predicted octanol–water partition coefficient (Wildman–Crippen LogP) is 4.54. The Labute approximate surface area is 263 Å². The smallest absolute Gasteiger partial charge is 0.339 e. The van der Waals surface area contributed by atoms with Crippen molar-refractivity contribution in [3.63, 3.8) is 0 Å². The van der Waals surface area contributed by atoms with Crippen LogP contribution in [0, 0.1) is 23.7 Å². The zero-order valence-electron chi connectivity index (χ0n) is 24.9. The van der Waals surface area contributed by atoms with Gasteiger partial charge in [-0.15, -0.1) is 10.2 Å². The lowest BCUT2D eigenvalue weighted by molar-refractivity contribution is -0.577. The van der Waals surface area contributed by atoms with Crippen molar-refractivity contribution in [3.05, 3.63) is 23.8 Å². The van der Waals surface area contributed by atoms with Crippen LogP contribution in [0.25, 0.3) is 0 Å². The predicted molar refractivity (Wildman–Crippen MR) is 160 cm³/mol. The molecule has 8 atom stereocenters. The third-order valence-corrected chi connectivity index (χ3v) is 11.1. The number of fused-ring (bicyclic) bond motifs is 2. The molecule has 2 bridgehead atoms. The number of carbonyl (C=O) groups excluding carboxylic acids is 1. The topological polar surface area (TPSA) is 174 Å². The highest BCUT2D eigenvalue weighted by Gasteiger charge is 2.69. The van der Waals surface area contributed by atoms with Gasteiger partial charge >= 0.3 is 5.97 Å². The number of anilines is 2. The molecule has 1 spiro atoms. The van der Waals surface area contributed by atoms with Gasteiger partial charge in [-0.25, -0.2) is 14.6 Å². The fourth-order valence-electron chi connectivity index (χ4n) is 7.00. The number of rotatable bonds is 11. The maximum Gasteiger partial charge on any atom is 0.339 e. The van der Waals surface area contributed by atoms with Crippen LogP contribution >= 0.6 is 23.1 Å². The van der Waals surface area contributed by atoms with Gasteiger partial charge in [-0.05, 0) is 50.2 Å². The first-order chi connectivity index (χ1) is 21.1. The summed E-state index contributed by atoms with van der Waals surface area (Å²) in [5.74, 6) is -1.04. The number of benzene rings is 1. The number of aromatic nitrogens is 2. The molecule has 1 amide bonds. The summed E-state index contributed by atoms with van der Waals surface area (Å²) in [7, 11) is 0. The molecule has 5 fully saturated rings. The normalized spacial score (nSPS) is 34.2. The third-order valence-electron chi connectivity index (χ3n) is 9.17. The molecule has 5 heterocycles. The minimum absolute atomic E-state index is 0.00507. The average Bonchev–Trinajstić information content (AvgIpc) is 3.27. The van der Waals surface area contributed by atoms with Gasteiger partial charge in [0.05, 0.1) is 19.0 Å². The van der Waals surface area contributed by atoms with E-state index in [4.69, 9.17) is 34.5 Å². The number of nitrogens with zero attached hydrogens (tertiary/aromatic N) is 2. The summed E-state index contributed by atoms with van der Waals surface area (Å²) in [4.78, 5) is 36.3. The summed E-state index contributed by atoms with van der Waals surface area (Å²) in [6.45, 7) is 6.85. The van der Waals surface area contributed by atoms with Crippen molar-refractivity contribution in [3.8, 4) is 5.75 Å². The second-order valence-electron chi connectivity index (χ2n) is 12.1. The number of nitrogens with one attached hydrogen (secondary N) is 1. The summed E-state index contributed by atoms with van der Waals surface area (Å²) in [5.41, 5.74) is 5.34. The zero-order valence-corrected chi connectivity index (χ0v) is 26.5. The standard InChI is InChI=1S/C29H38N4O9S2/c1-15-5-8-20-16(2)24(39-25-29(20)19(15)9-10-28(3,40-25)41-42-29)38-12-4-11-37-21-13-17(6-7-18(21)23(35)36)31-22(34)14-43-27-33-32-26(30)44-27/h6-7,13,15-16,19-20,24-25H,4-5,8-12,14H2,1-3H3,(H2,30,32)(H,31,34)(H,35,36)/t15-,16-,19?,20+,24+,25-,28-,29-/m1/s1. The number of nitrogen functional groups attached to an aromatic ring is 1. The van der Waals surface area contributed by atoms with Crippen LogP contribution in [-0.4, -0.2) is 70.1 Å². The van der Waals surface area contributed by atoms with E-state index >= 15 is 0 Å². The van der Waals surface area contributed by atoms with Crippen LogP contribution < -0.4 is 15.8 Å². The molecule has 7 rings (SSSR count). The molecule has 4 saturated heterocycles. The van der Waals surface area contributed by atoms with Crippen molar-refractivity contribution in [1.29, 1.82) is 0 Å². The van der Waals surface area contributed by atoms with Crippen LogP contribution in [0.5, 0.6) is 5.75 Å². The molecule has 1 aromatic heterocycles. The van der Waals surface area contributed by atoms with Gasteiger partial charge in [-0.1, -0.05) is 36.9 Å². The Morgan fingerprint density at radius 1 is 1.18 bits per heavy atom. The van der Waals surface area contributed by atoms with E-state index in [2.05, 4.69) is 29.4 Å². The Bertz CT molecular complexity index is 1380. The number of carboxylic acid groups (broad SMARTS) is 1.